The number of alkyl halides is 6. The van der Waals surface area contributed by atoms with Crippen LogP contribution in [0, 0.1) is 11.8 Å². The fraction of sp³-hybridized carbons (Fsp3) is 0.360. The Morgan fingerprint density at radius 1 is 0.949 bits per heavy atom. The van der Waals surface area contributed by atoms with E-state index in [4.69, 9.17) is 17.3 Å². The lowest BCUT2D eigenvalue weighted by Gasteiger charge is -2.26. The van der Waals surface area contributed by atoms with Crippen LogP contribution in [-0.2, 0) is 14.4 Å². The summed E-state index contributed by atoms with van der Waals surface area (Å²) in [5, 5.41) is 4.85. The summed E-state index contributed by atoms with van der Waals surface area (Å²) >= 11 is 6.26. The third-order valence-electron chi connectivity index (χ3n) is 6.02. The van der Waals surface area contributed by atoms with Crippen molar-refractivity contribution >= 4 is 40.7 Å². The molecule has 0 radical (unpaired) electrons. The summed E-state index contributed by atoms with van der Waals surface area (Å²) in [6, 6.07) is 13.1. The van der Waals surface area contributed by atoms with Gasteiger partial charge in [0.2, 0.25) is 18.0 Å². The number of para-hydroxylation sites is 1. The first-order chi connectivity index (χ1) is 18.2. The second-order valence-electron chi connectivity index (χ2n) is 8.83. The van der Waals surface area contributed by atoms with Crippen LogP contribution in [-0.4, -0.2) is 42.0 Å². The number of carbonyl (C=O) groups is 3. The maximum absolute atomic E-state index is 13.2. The zero-order chi connectivity index (χ0) is 29.0. The summed E-state index contributed by atoms with van der Waals surface area (Å²) in [6.07, 6.45) is -16.4. The molecule has 4 N–H and O–H groups in total. The number of fused-ring (bicyclic) bond motifs is 1. The molecule has 0 fully saturated rings. The van der Waals surface area contributed by atoms with E-state index in [2.05, 4.69) is 15.6 Å². The average Bonchev–Trinajstić information content (AvgIpc) is 2.97. The smallest absolute Gasteiger partial charge is 0.369 e. The zero-order valence-electron chi connectivity index (χ0n) is 20.1. The highest BCUT2D eigenvalue weighted by molar-refractivity contribution is 6.36. The number of benzodiazepines with no additional fused rings is 1. The maximum Gasteiger partial charge on any atom is 0.389 e. The van der Waals surface area contributed by atoms with Crippen LogP contribution in [0.25, 0.3) is 0 Å². The molecule has 3 atom stereocenters. The van der Waals surface area contributed by atoms with Crippen LogP contribution < -0.4 is 16.4 Å². The molecule has 0 bridgehead atoms. The predicted octanol–water partition coefficient (Wildman–Crippen LogP) is 4.97. The molecule has 2 aromatic rings. The van der Waals surface area contributed by atoms with Gasteiger partial charge in [-0.2, -0.15) is 26.3 Å². The van der Waals surface area contributed by atoms with Crippen LogP contribution >= 0.6 is 11.6 Å². The molecule has 7 nitrogen and oxygen atoms in total. The summed E-state index contributed by atoms with van der Waals surface area (Å²) in [6.45, 7) is 0. The maximum atomic E-state index is 13.2. The molecule has 1 heterocycles. The molecule has 0 aliphatic carbocycles. The molecular formula is C25H23ClF6N4O3. The van der Waals surface area contributed by atoms with Gasteiger partial charge in [-0.15, -0.1) is 0 Å². The summed E-state index contributed by atoms with van der Waals surface area (Å²) in [4.78, 5) is 42.5. The Kier molecular flexibility index (Phi) is 9.26. The zero-order valence-corrected chi connectivity index (χ0v) is 20.8. The van der Waals surface area contributed by atoms with Crippen molar-refractivity contribution in [3.63, 3.8) is 0 Å². The third kappa shape index (κ3) is 8.19. The Morgan fingerprint density at radius 3 is 2.10 bits per heavy atom. The van der Waals surface area contributed by atoms with E-state index in [1.807, 2.05) is 0 Å². The Hall–Kier alpha value is -3.61. The third-order valence-corrected chi connectivity index (χ3v) is 6.33. The lowest BCUT2D eigenvalue weighted by Crippen LogP contribution is -2.48. The van der Waals surface area contributed by atoms with Gasteiger partial charge in [0.1, 0.15) is 0 Å². The molecule has 0 saturated heterocycles. The van der Waals surface area contributed by atoms with E-state index in [0.717, 1.165) is 0 Å². The van der Waals surface area contributed by atoms with Crippen LogP contribution in [0.5, 0.6) is 0 Å². The Labute approximate surface area is 223 Å². The first-order valence-corrected chi connectivity index (χ1v) is 12.0. The molecule has 0 aromatic heterocycles. The van der Waals surface area contributed by atoms with E-state index in [-0.39, 0.29) is 16.4 Å². The number of carbonyl (C=O) groups excluding carboxylic acids is 3. The lowest BCUT2D eigenvalue weighted by molar-refractivity contribution is -0.152. The highest BCUT2D eigenvalue weighted by atomic mass is 35.5. The van der Waals surface area contributed by atoms with Gasteiger partial charge < -0.3 is 16.4 Å². The number of rotatable bonds is 9. The molecule has 14 heteroatoms. The number of halogens is 7. The van der Waals surface area contributed by atoms with Gasteiger partial charge in [-0.1, -0.05) is 54.1 Å². The van der Waals surface area contributed by atoms with Crippen molar-refractivity contribution in [2.45, 2.75) is 44.2 Å². The van der Waals surface area contributed by atoms with E-state index in [0.29, 0.717) is 11.1 Å². The molecule has 210 valence electrons. The molecule has 0 saturated carbocycles. The normalized spacial score (nSPS) is 17.3. The Bertz CT molecular complexity index is 1250. The van der Waals surface area contributed by atoms with Gasteiger partial charge in [0, 0.05) is 35.8 Å². The minimum Gasteiger partial charge on any atom is -0.369 e. The van der Waals surface area contributed by atoms with Crippen LogP contribution in [0.4, 0.5) is 32.0 Å². The number of nitrogens with zero attached hydrogens (tertiary/aromatic N) is 1. The standard InChI is InChI=1S/C25H23ClF6N4O3/c26-17-8-4-7-16-18(13-5-2-1-3-6-13)34-21(23(39)35-19(16)17)36-22(38)15(10-12-25(30,31)32)14(20(33)37)9-11-24(27,28)29/h1-8,14-15,21H,9-12H2,(H2,33,37)(H,35,39)(H,36,38)/t14-,15+,21+/m0/s1. The molecule has 1 aliphatic rings. The van der Waals surface area contributed by atoms with Gasteiger partial charge >= 0.3 is 12.4 Å². The summed E-state index contributed by atoms with van der Waals surface area (Å²) < 4.78 is 77.5. The van der Waals surface area contributed by atoms with Gasteiger partial charge in [-0.25, -0.2) is 4.99 Å². The number of nitrogens with two attached hydrogens (primary N) is 1. The number of nitrogens with one attached hydrogen (secondary N) is 2. The number of benzene rings is 2. The monoisotopic (exact) mass is 576 g/mol. The number of primary amides is 1. The second kappa shape index (κ2) is 12.1. The van der Waals surface area contributed by atoms with Crippen LogP contribution in [0.15, 0.2) is 53.5 Å². The Morgan fingerprint density at radius 2 is 1.54 bits per heavy atom. The van der Waals surface area contributed by atoms with E-state index >= 15 is 0 Å². The molecule has 3 amide bonds. The van der Waals surface area contributed by atoms with Gasteiger partial charge in [0.25, 0.3) is 5.91 Å². The van der Waals surface area contributed by atoms with Gasteiger partial charge in [-0.3, -0.25) is 14.4 Å². The second-order valence-corrected chi connectivity index (χ2v) is 9.24. The van der Waals surface area contributed by atoms with Gasteiger partial charge in [-0.05, 0) is 18.9 Å². The predicted molar refractivity (Wildman–Crippen MR) is 131 cm³/mol. The number of hydrogen-bond donors (Lipinski definition) is 3. The van der Waals surface area contributed by atoms with Crippen molar-refractivity contribution in [3.8, 4) is 0 Å². The summed E-state index contributed by atoms with van der Waals surface area (Å²) in [5.41, 5.74) is 6.47. The number of anilines is 1. The molecule has 39 heavy (non-hydrogen) atoms. The summed E-state index contributed by atoms with van der Waals surface area (Å²) in [7, 11) is 0. The molecule has 1 aliphatic heterocycles. The van der Waals surface area contributed by atoms with Gasteiger partial charge in [0.05, 0.1) is 16.4 Å². The lowest BCUT2D eigenvalue weighted by atomic mass is 9.83. The van der Waals surface area contributed by atoms with Crippen LogP contribution in [0.2, 0.25) is 5.02 Å². The minimum atomic E-state index is -4.78. The Balaban J connectivity index is 1.99. The van der Waals surface area contributed by atoms with E-state index in [1.165, 1.54) is 6.07 Å². The minimum absolute atomic E-state index is 0.139. The van der Waals surface area contributed by atoms with E-state index in [9.17, 15) is 40.7 Å². The highest BCUT2D eigenvalue weighted by Crippen LogP contribution is 2.34. The first kappa shape index (κ1) is 29.9. The van der Waals surface area contributed by atoms with E-state index < -0.39 is 73.8 Å². The number of hydrogen-bond acceptors (Lipinski definition) is 4. The fourth-order valence-corrected chi connectivity index (χ4v) is 4.38. The SMILES string of the molecule is NC(=O)[C@@H](CCC(F)(F)F)[C@@H](CCC(F)(F)F)C(=O)N[C@H]1N=C(c2ccccc2)c2cccc(Cl)c2NC1=O. The quantitative estimate of drug-likeness (QED) is 0.366. The highest BCUT2D eigenvalue weighted by Gasteiger charge is 2.40. The average molecular weight is 577 g/mol. The van der Waals surface area contributed by atoms with Crippen molar-refractivity contribution in [2.75, 3.05) is 5.32 Å². The van der Waals surface area contributed by atoms with Crippen molar-refractivity contribution in [2.24, 2.45) is 22.6 Å². The number of aliphatic imine (C=N–C) groups is 1. The molecular weight excluding hydrogens is 554 g/mol. The molecule has 3 rings (SSSR count). The van der Waals surface area contributed by atoms with Gasteiger partial charge in [0.15, 0.2) is 0 Å². The molecule has 2 aromatic carbocycles. The largest absolute Gasteiger partial charge is 0.389 e. The van der Waals surface area contributed by atoms with Crippen molar-refractivity contribution in [1.29, 1.82) is 0 Å². The van der Waals surface area contributed by atoms with Crippen molar-refractivity contribution in [3.05, 3.63) is 64.7 Å². The number of amides is 3. The first-order valence-electron chi connectivity index (χ1n) is 11.6. The van der Waals surface area contributed by atoms with Crippen molar-refractivity contribution in [1.82, 2.24) is 5.32 Å². The molecule has 0 spiro atoms. The van der Waals surface area contributed by atoms with Crippen molar-refractivity contribution < 1.29 is 40.7 Å². The topological polar surface area (TPSA) is 114 Å². The van der Waals surface area contributed by atoms with Crippen LogP contribution in [0.3, 0.4) is 0 Å². The van der Waals surface area contributed by atoms with Crippen LogP contribution in [0.1, 0.15) is 36.8 Å². The molecule has 0 unspecified atom stereocenters. The van der Waals surface area contributed by atoms with E-state index in [1.54, 1.807) is 42.5 Å². The summed E-state index contributed by atoms with van der Waals surface area (Å²) in [5.74, 6) is -7.36. The fourth-order valence-electron chi connectivity index (χ4n) is 4.16.